The van der Waals surface area contributed by atoms with E-state index in [1.165, 1.54) is 0 Å². The van der Waals surface area contributed by atoms with Gasteiger partial charge < -0.3 is 9.80 Å². The Balaban J connectivity index is 2.02. The maximum atomic E-state index is 11.5. The van der Waals surface area contributed by atoms with Crippen molar-refractivity contribution in [1.82, 2.24) is 9.88 Å². The Morgan fingerprint density at radius 1 is 1.61 bits per heavy atom. The van der Waals surface area contributed by atoms with Crippen molar-refractivity contribution in [2.45, 2.75) is 6.42 Å². The van der Waals surface area contributed by atoms with Gasteiger partial charge in [-0.2, -0.15) is 5.26 Å². The molecule has 1 unspecified atom stereocenters. The van der Waals surface area contributed by atoms with Gasteiger partial charge in [0, 0.05) is 39.5 Å². The third-order valence-electron chi connectivity index (χ3n) is 3.19. The summed E-state index contributed by atoms with van der Waals surface area (Å²) >= 11 is 0. The molecule has 0 aromatic carbocycles. The van der Waals surface area contributed by atoms with Crippen LogP contribution in [0.25, 0.3) is 0 Å². The molecule has 1 aliphatic heterocycles. The Morgan fingerprint density at radius 3 is 3.00 bits per heavy atom. The second-order valence-corrected chi connectivity index (χ2v) is 4.72. The van der Waals surface area contributed by atoms with Crippen LogP contribution in [0.5, 0.6) is 0 Å². The highest BCUT2D eigenvalue weighted by Crippen LogP contribution is 2.19. The number of likely N-dealkylation sites (tertiary alicyclic amines) is 1. The molecule has 0 aliphatic carbocycles. The van der Waals surface area contributed by atoms with Gasteiger partial charge in [0.05, 0.1) is 0 Å². The molecule has 1 atom stereocenters. The zero-order chi connectivity index (χ0) is 13.1. The van der Waals surface area contributed by atoms with Gasteiger partial charge >= 0.3 is 0 Å². The summed E-state index contributed by atoms with van der Waals surface area (Å²) in [7, 11) is 3.77. The molecule has 2 rings (SSSR count). The number of anilines is 1. The van der Waals surface area contributed by atoms with Gasteiger partial charge in [-0.3, -0.25) is 4.79 Å². The van der Waals surface area contributed by atoms with E-state index in [0.717, 1.165) is 18.9 Å². The van der Waals surface area contributed by atoms with Crippen LogP contribution < -0.4 is 4.90 Å². The van der Waals surface area contributed by atoms with Crippen LogP contribution in [-0.4, -0.2) is 43.0 Å². The van der Waals surface area contributed by atoms with Gasteiger partial charge in [-0.05, 0) is 12.1 Å². The fourth-order valence-corrected chi connectivity index (χ4v) is 2.26. The minimum atomic E-state index is 0.201. The van der Waals surface area contributed by atoms with Crippen LogP contribution in [-0.2, 0) is 4.79 Å². The maximum Gasteiger partial charge on any atom is 0.222 e. The smallest absolute Gasteiger partial charge is 0.222 e. The van der Waals surface area contributed by atoms with Crippen LogP contribution in [0.15, 0.2) is 18.2 Å². The lowest BCUT2D eigenvalue weighted by molar-refractivity contribution is -0.126. The second kappa shape index (κ2) is 5.05. The number of amides is 1. The van der Waals surface area contributed by atoms with E-state index < -0.39 is 0 Å². The summed E-state index contributed by atoms with van der Waals surface area (Å²) in [5, 5.41) is 8.82. The van der Waals surface area contributed by atoms with Crippen molar-refractivity contribution in [2.75, 3.05) is 32.1 Å². The van der Waals surface area contributed by atoms with E-state index in [4.69, 9.17) is 5.26 Å². The minimum Gasteiger partial charge on any atom is -0.359 e. The first kappa shape index (κ1) is 12.4. The van der Waals surface area contributed by atoms with Crippen LogP contribution in [0.3, 0.4) is 0 Å². The van der Waals surface area contributed by atoms with E-state index >= 15 is 0 Å². The molecule has 1 saturated heterocycles. The number of hydrogen-bond acceptors (Lipinski definition) is 4. The second-order valence-electron chi connectivity index (χ2n) is 4.72. The molecule has 18 heavy (non-hydrogen) atoms. The van der Waals surface area contributed by atoms with Crippen molar-refractivity contribution in [1.29, 1.82) is 5.26 Å². The zero-order valence-corrected chi connectivity index (χ0v) is 10.6. The van der Waals surface area contributed by atoms with Gasteiger partial charge in [0.15, 0.2) is 0 Å². The SMILES string of the molecule is CN1CC(CN(C)c2cccc(C#N)n2)CC1=O. The fraction of sp³-hybridized carbons (Fsp3) is 0.462. The van der Waals surface area contributed by atoms with Gasteiger partial charge in [0.1, 0.15) is 17.6 Å². The summed E-state index contributed by atoms with van der Waals surface area (Å²) < 4.78 is 0. The summed E-state index contributed by atoms with van der Waals surface area (Å²) in [4.78, 5) is 19.4. The number of hydrogen-bond donors (Lipinski definition) is 0. The van der Waals surface area contributed by atoms with E-state index in [2.05, 4.69) is 4.98 Å². The molecule has 1 fully saturated rings. The Kier molecular flexibility index (Phi) is 3.47. The first-order valence-electron chi connectivity index (χ1n) is 5.92. The highest BCUT2D eigenvalue weighted by molar-refractivity contribution is 5.78. The van der Waals surface area contributed by atoms with E-state index in [0.29, 0.717) is 18.0 Å². The predicted octanol–water partition coefficient (Wildman–Crippen LogP) is 0.868. The lowest BCUT2D eigenvalue weighted by Crippen LogP contribution is -2.28. The molecule has 0 bridgehead atoms. The van der Waals surface area contributed by atoms with Crippen LogP contribution in [0.4, 0.5) is 5.82 Å². The van der Waals surface area contributed by atoms with Crippen LogP contribution in [0.1, 0.15) is 12.1 Å². The molecule has 1 aromatic rings. The molecule has 0 radical (unpaired) electrons. The Bertz CT molecular complexity index is 494. The minimum absolute atomic E-state index is 0.201. The number of nitrogens with zero attached hydrogens (tertiary/aromatic N) is 4. The summed E-state index contributed by atoms with van der Waals surface area (Å²) in [5.41, 5.74) is 0.416. The molecule has 0 N–H and O–H groups in total. The Hall–Kier alpha value is -2.09. The molecule has 1 aromatic heterocycles. The number of rotatable bonds is 3. The normalized spacial score (nSPS) is 18.8. The fourth-order valence-electron chi connectivity index (χ4n) is 2.26. The van der Waals surface area contributed by atoms with E-state index in [9.17, 15) is 4.79 Å². The number of aromatic nitrogens is 1. The lowest BCUT2D eigenvalue weighted by atomic mass is 10.1. The number of pyridine rings is 1. The summed E-state index contributed by atoms with van der Waals surface area (Å²) in [6.45, 7) is 1.57. The van der Waals surface area contributed by atoms with Crippen LogP contribution in [0, 0.1) is 17.2 Å². The Morgan fingerprint density at radius 2 is 2.39 bits per heavy atom. The topological polar surface area (TPSA) is 60.2 Å². The van der Waals surface area contributed by atoms with Gasteiger partial charge in [0.25, 0.3) is 0 Å². The van der Waals surface area contributed by atoms with Crippen molar-refractivity contribution in [2.24, 2.45) is 5.92 Å². The molecule has 5 heteroatoms. The maximum absolute atomic E-state index is 11.5. The summed E-state index contributed by atoms with van der Waals surface area (Å²) in [6.07, 6.45) is 0.596. The van der Waals surface area contributed by atoms with Gasteiger partial charge in [-0.15, -0.1) is 0 Å². The molecule has 1 amide bonds. The van der Waals surface area contributed by atoms with Gasteiger partial charge in [0.2, 0.25) is 5.91 Å². The third kappa shape index (κ3) is 2.59. The highest BCUT2D eigenvalue weighted by Gasteiger charge is 2.27. The Labute approximate surface area is 107 Å². The summed E-state index contributed by atoms with van der Waals surface area (Å²) in [5.74, 6) is 1.31. The van der Waals surface area contributed by atoms with E-state index in [1.54, 1.807) is 11.0 Å². The average Bonchev–Trinajstić information content (AvgIpc) is 2.68. The monoisotopic (exact) mass is 244 g/mol. The van der Waals surface area contributed by atoms with Crippen molar-refractivity contribution < 1.29 is 4.79 Å². The van der Waals surface area contributed by atoms with Gasteiger partial charge in [-0.1, -0.05) is 6.07 Å². The lowest BCUT2D eigenvalue weighted by Gasteiger charge is -2.21. The predicted molar refractivity (Wildman–Crippen MR) is 68.0 cm³/mol. The molecule has 0 saturated carbocycles. The third-order valence-corrected chi connectivity index (χ3v) is 3.19. The number of nitriles is 1. The van der Waals surface area contributed by atoms with Gasteiger partial charge in [-0.25, -0.2) is 4.98 Å². The van der Waals surface area contributed by atoms with Crippen molar-refractivity contribution in [3.63, 3.8) is 0 Å². The average molecular weight is 244 g/mol. The first-order chi connectivity index (χ1) is 8.60. The van der Waals surface area contributed by atoms with Crippen LogP contribution in [0.2, 0.25) is 0 Å². The first-order valence-corrected chi connectivity index (χ1v) is 5.92. The van der Waals surface area contributed by atoms with Crippen molar-refractivity contribution in [3.05, 3.63) is 23.9 Å². The standard InChI is InChI=1S/C13H16N4O/c1-16(8-10-6-13(18)17(2)9-10)12-5-3-4-11(7-14)15-12/h3-5,10H,6,8-9H2,1-2H3. The highest BCUT2D eigenvalue weighted by atomic mass is 16.2. The van der Waals surface area contributed by atoms with E-state index in [1.807, 2.05) is 37.2 Å². The molecule has 94 valence electrons. The van der Waals surface area contributed by atoms with Crippen molar-refractivity contribution >= 4 is 11.7 Å². The van der Waals surface area contributed by atoms with Crippen LogP contribution >= 0.6 is 0 Å². The molecule has 1 aliphatic rings. The number of carbonyl (C=O) groups is 1. The van der Waals surface area contributed by atoms with Crippen molar-refractivity contribution in [3.8, 4) is 6.07 Å². The summed E-state index contributed by atoms with van der Waals surface area (Å²) in [6, 6.07) is 7.41. The molecule has 5 nitrogen and oxygen atoms in total. The van der Waals surface area contributed by atoms with E-state index in [-0.39, 0.29) is 5.91 Å². The quantitative estimate of drug-likeness (QED) is 0.791. The largest absolute Gasteiger partial charge is 0.359 e. The zero-order valence-electron chi connectivity index (χ0n) is 10.6. The molecular formula is C13H16N4O. The number of carbonyl (C=O) groups excluding carboxylic acids is 1. The molecule has 2 heterocycles. The molecular weight excluding hydrogens is 228 g/mol. The molecule has 0 spiro atoms.